The standard InChI is InChI=1S/C17H18N2O2/c1-19(17(21)13-9-10-18-16(20)11-13)15-8-4-6-12-5-2-3-7-14(12)15/h2-3,5,7,9-11,15H,4,6,8H2,1H3,(H,18,20). The third-order valence-electron chi connectivity index (χ3n) is 4.15. The largest absolute Gasteiger partial charge is 0.335 e. The van der Waals surface area contributed by atoms with Crippen molar-refractivity contribution in [2.24, 2.45) is 0 Å². The molecule has 108 valence electrons. The van der Waals surface area contributed by atoms with Crippen molar-refractivity contribution in [1.82, 2.24) is 9.88 Å². The van der Waals surface area contributed by atoms with Gasteiger partial charge in [-0.2, -0.15) is 0 Å². The molecule has 1 aromatic carbocycles. The van der Waals surface area contributed by atoms with Gasteiger partial charge in [-0.25, -0.2) is 0 Å². The number of carbonyl (C=O) groups excluding carboxylic acids is 1. The first kappa shape index (κ1) is 13.6. The van der Waals surface area contributed by atoms with Gasteiger partial charge in [0.1, 0.15) is 0 Å². The lowest BCUT2D eigenvalue weighted by atomic mass is 9.87. The van der Waals surface area contributed by atoms with Crippen LogP contribution in [0.3, 0.4) is 0 Å². The first-order valence-electron chi connectivity index (χ1n) is 7.20. The average Bonchev–Trinajstić information content (AvgIpc) is 2.53. The zero-order valence-electron chi connectivity index (χ0n) is 12.0. The highest BCUT2D eigenvalue weighted by molar-refractivity contribution is 5.94. The van der Waals surface area contributed by atoms with Crippen molar-refractivity contribution in [3.8, 4) is 0 Å². The quantitative estimate of drug-likeness (QED) is 0.920. The van der Waals surface area contributed by atoms with Gasteiger partial charge < -0.3 is 9.88 Å². The van der Waals surface area contributed by atoms with Crippen LogP contribution in [0.15, 0.2) is 47.4 Å². The maximum Gasteiger partial charge on any atom is 0.254 e. The second kappa shape index (κ2) is 5.56. The Balaban J connectivity index is 1.91. The number of benzene rings is 1. The van der Waals surface area contributed by atoms with Crippen molar-refractivity contribution in [3.63, 3.8) is 0 Å². The van der Waals surface area contributed by atoms with E-state index in [0.29, 0.717) is 5.56 Å². The molecule has 0 saturated carbocycles. The summed E-state index contributed by atoms with van der Waals surface area (Å²) in [6, 6.07) is 11.4. The smallest absolute Gasteiger partial charge is 0.254 e. The number of aromatic nitrogens is 1. The number of aryl methyl sites for hydroxylation is 1. The number of pyridine rings is 1. The third-order valence-corrected chi connectivity index (χ3v) is 4.15. The Morgan fingerprint density at radius 3 is 2.90 bits per heavy atom. The van der Waals surface area contributed by atoms with E-state index in [1.807, 2.05) is 19.2 Å². The number of nitrogens with one attached hydrogen (secondary N) is 1. The predicted molar refractivity (Wildman–Crippen MR) is 81.3 cm³/mol. The van der Waals surface area contributed by atoms with E-state index in [0.717, 1.165) is 19.3 Å². The van der Waals surface area contributed by atoms with Gasteiger partial charge in [-0.3, -0.25) is 9.59 Å². The molecule has 0 fully saturated rings. The van der Waals surface area contributed by atoms with Crippen LogP contribution in [0.25, 0.3) is 0 Å². The summed E-state index contributed by atoms with van der Waals surface area (Å²) in [6.45, 7) is 0. The molecular formula is C17H18N2O2. The molecule has 0 spiro atoms. The van der Waals surface area contributed by atoms with E-state index in [4.69, 9.17) is 0 Å². The van der Waals surface area contributed by atoms with Crippen LogP contribution in [0.5, 0.6) is 0 Å². The molecule has 1 N–H and O–H groups in total. The number of amides is 1. The highest BCUT2D eigenvalue weighted by atomic mass is 16.2. The molecule has 0 radical (unpaired) electrons. The van der Waals surface area contributed by atoms with Crippen molar-refractivity contribution in [1.29, 1.82) is 0 Å². The molecule has 21 heavy (non-hydrogen) atoms. The number of hydrogen-bond acceptors (Lipinski definition) is 2. The summed E-state index contributed by atoms with van der Waals surface area (Å²) in [5, 5.41) is 0. The van der Waals surface area contributed by atoms with Crippen molar-refractivity contribution >= 4 is 5.91 Å². The number of carbonyl (C=O) groups is 1. The molecule has 0 aliphatic heterocycles. The number of aromatic amines is 1. The highest BCUT2D eigenvalue weighted by Gasteiger charge is 2.27. The van der Waals surface area contributed by atoms with Crippen LogP contribution in [0, 0.1) is 0 Å². The third kappa shape index (κ3) is 2.61. The second-order valence-corrected chi connectivity index (χ2v) is 5.46. The van der Waals surface area contributed by atoms with Gasteiger partial charge in [-0.15, -0.1) is 0 Å². The lowest BCUT2D eigenvalue weighted by Gasteiger charge is -2.33. The van der Waals surface area contributed by atoms with Crippen LogP contribution < -0.4 is 5.56 Å². The lowest BCUT2D eigenvalue weighted by Crippen LogP contribution is -2.33. The number of nitrogens with zero attached hydrogens (tertiary/aromatic N) is 1. The Morgan fingerprint density at radius 2 is 2.10 bits per heavy atom. The van der Waals surface area contributed by atoms with E-state index < -0.39 is 0 Å². The van der Waals surface area contributed by atoms with E-state index >= 15 is 0 Å². The Labute approximate surface area is 123 Å². The second-order valence-electron chi connectivity index (χ2n) is 5.46. The fourth-order valence-electron chi connectivity index (χ4n) is 3.05. The van der Waals surface area contributed by atoms with Gasteiger partial charge in [-0.1, -0.05) is 24.3 Å². The van der Waals surface area contributed by atoms with E-state index in [-0.39, 0.29) is 17.5 Å². The molecule has 1 aromatic heterocycles. The van der Waals surface area contributed by atoms with E-state index in [2.05, 4.69) is 17.1 Å². The molecular weight excluding hydrogens is 264 g/mol. The van der Waals surface area contributed by atoms with E-state index in [1.54, 1.807) is 11.0 Å². The van der Waals surface area contributed by atoms with Crippen molar-refractivity contribution in [2.45, 2.75) is 25.3 Å². The first-order valence-corrected chi connectivity index (χ1v) is 7.20. The molecule has 4 heteroatoms. The van der Waals surface area contributed by atoms with Crippen LogP contribution in [-0.2, 0) is 6.42 Å². The van der Waals surface area contributed by atoms with Crippen LogP contribution in [0.4, 0.5) is 0 Å². The lowest BCUT2D eigenvalue weighted by molar-refractivity contribution is 0.0715. The van der Waals surface area contributed by atoms with Crippen LogP contribution in [0.2, 0.25) is 0 Å². The summed E-state index contributed by atoms with van der Waals surface area (Å²) in [5.74, 6) is -0.109. The summed E-state index contributed by atoms with van der Waals surface area (Å²) in [5.41, 5.74) is 2.73. The van der Waals surface area contributed by atoms with Gasteiger partial charge in [0.25, 0.3) is 5.91 Å². The van der Waals surface area contributed by atoms with Gasteiger partial charge in [0, 0.05) is 24.9 Å². The normalized spacial score (nSPS) is 17.1. The Morgan fingerprint density at radius 1 is 1.29 bits per heavy atom. The predicted octanol–water partition coefficient (Wildman–Crippen LogP) is 2.52. The van der Waals surface area contributed by atoms with Crippen LogP contribution >= 0.6 is 0 Å². The minimum atomic E-state index is -0.252. The summed E-state index contributed by atoms with van der Waals surface area (Å²) in [4.78, 5) is 28.2. The zero-order chi connectivity index (χ0) is 14.8. The van der Waals surface area contributed by atoms with E-state index in [1.165, 1.54) is 23.4 Å². The zero-order valence-corrected chi connectivity index (χ0v) is 12.0. The molecule has 1 aliphatic carbocycles. The molecule has 1 aliphatic rings. The van der Waals surface area contributed by atoms with Crippen molar-refractivity contribution in [2.75, 3.05) is 7.05 Å². The topological polar surface area (TPSA) is 53.2 Å². The molecule has 1 amide bonds. The molecule has 0 saturated heterocycles. The monoisotopic (exact) mass is 282 g/mol. The highest BCUT2D eigenvalue weighted by Crippen LogP contribution is 2.33. The van der Waals surface area contributed by atoms with Gasteiger partial charge in [-0.05, 0) is 36.5 Å². The van der Waals surface area contributed by atoms with Crippen molar-refractivity contribution < 1.29 is 4.79 Å². The van der Waals surface area contributed by atoms with Gasteiger partial charge >= 0.3 is 0 Å². The minimum Gasteiger partial charge on any atom is -0.335 e. The first-order chi connectivity index (χ1) is 10.2. The van der Waals surface area contributed by atoms with Gasteiger partial charge in [0.15, 0.2) is 0 Å². The summed E-state index contributed by atoms with van der Waals surface area (Å²) in [7, 11) is 1.82. The molecule has 2 aromatic rings. The number of hydrogen-bond donors (Lipinski definition) is 1. The summed E-state index contributed by atoms with van der Waals surface area (Å²) in [6.07, 6.45) is 4.62. The van der Waals surface area contributed by atoms with Crippen LogP contribution in [-0.4, -0.2) is 22.8 Å². The molecule has 1 atom stereocenters. The number of H-pyrrole nitrogens is 1. The van der Waals surface area contributed by atoms with Crippen molar-refractivity contribution in [3.05, 3.63) is 69.6 Å². The van der Waals surface area contributed by atoms with Crippen LogP contribution in [0.1, 0.15) is 40.4 Å². The number of fused-ring (bicyclic) bond motifs is 1. The molecule has 1 heterocycles. The minimum absolute atomic E-state index is 0.0849. The molecule has 4 nitrogen and oxygen atoms in total. The summed E-state index contributed by atoms with van der Waals surface area (Å²) < 4.78 is 0. The average molecular weight is 282 g/mol. The maximum absolute atomic E-state index is 12.6. The molecule has 3 rings (SSSR count). The fourth-order valence-corrected chi connectivity index (χ4v) is 3.05. The van der Waals surface area contributed by atoms with Gasteiger partial charge in [0.2, 0.25) is 5.56 Å². The van der Waals surface area contributed by atoms with Gasteiger partial charge in [0.05, 0.1) is 6.04 Å². The summed E-state index contributed by atoms with van der Waals surface area (Å²) >= 11 is 0. The number of rotatable bonds is 2. The molecule has 0 bridgehead atoms. The maximum atomic E-state index is 12.6. The Kier molecular flexibility index (Phi) is 3.60. The van der Waals surface area contributed by atoms with E-state index in [9.17, 15) is 9.59 Å². The Hall–Kier alpha value is -2.36. The fraction of sp³-hybridized carbons (Fsp3) is 0.294. The molecule has 1 unspecified atom stereocenters. The SMILES string of the molecule is CN(C(=O)c1cc[nH]c(=O)c1)C1CCCc2ccccc21. The Bertz CT molecular complexity index is 720.